The maximum Gasteiger partial charge on any atom is 0.0468 e. The molecule has 1 heteroatoms. The van der Waals surface area contributed by atoms with E-state index >= 15 is 0 Å². The van der Waals surface area contributed by atoms with E-state index in [1.807, 2.05) is 0 Å². The van der Waals surface area contributed by atoms with Gasteiger partial charge in [-0.1, -0.05) is 177 Å². The van der Waals surface area contributed by atoms with Crippen molar-refractivity contribution in [3.8, 4) is 44.5 Å². The minimum Gasteiger partial charge on any atom is -0.310 e. The Hall–Kier alpha value is -7.22. The van der Waals surface area contributed by atoms with Gasteiger partial charge in [-0.2, -0.15) is 0 Å². The molecule has 2 aliphatic rings. The second-order valence-corrected chi connectivity index (χ2v) is 18.1. The van der Waals surface area contributed by atoms with Crippen molar-refractivity contribution in [2.45, 2.75) is 51.4 Å². The highest BCUT2D eigenvalue weighted by molar-refractivity contribution is 6.33. The monoisotopic (exact) mass is 807 g/mol. The van der Waals surface area contributed by atoms with E-state index in [0.29, 0.717) is 0 Å². The topological polar surface area (TPSA) is 3.24 Å². The predicted molar refractivity (Wildman–Crippen MR) is 269 cm³/mol. The normalized spacial score (nSPS) is 14.0. The summed E-state index contributed by atoms with van der Waals surface area (Å²) < 4.78 is 0. The van der Waals surface area contributed by atoms with Crippen LogP contribution < -0.4 is 4.90 Å². The Morgan fingerprint density at radius 1 is 0.349 bits per heavy atom. The first kappa shape index (κ1) is 37.5. The van der Waals surface area contributed by atoms with Crippen LogP contribution in [0.3, 0.4) is 0 Å². The molecule has 2 aliphatic carbocycles. The third-order valence-electron chi connectivity index (χ3n) is 14.3. The Labute approximate surface area is 370 Å². The minimum atomic E-state index is 0.0631. The van der Waals surface area contributed by atoms with Crippen LogP contribution in [0.25, 0.3) is 76.8 Å². The molecule has 0 atom stereocenters. The Balaban J connectivity index is 1.17. The van der Waals surface area contributed by atoms with E-state index in [9.17, 15) is 0 Å². The van der Waals surface area contributed by atoms with E-state index in [-0.39, 0.29) is 5.41 Å². The fourth-order valence-electron chi connectivity index (χ4n) is 11.7. The number of fused-ring (bicyclic) bond motifs is 11. The van der Waals surface area contributed by atoms with Gasteiger partial charge in [0.15, 0.2) is 0 Å². The van der Waals surface area contributed by atoms with Gasteiger partial charge in [-0.15, -0.1) is 0 Å². The van der Waals surface area contributed by atoms with Crippen LogP contribution in [-0.4, -0.2) is 0 Å². The van der Waals surface area contributed by atoms with Gasteiger partial charge in [0.1, 0.15) is 0 Å². The summed E-state index contributed by atoms with van der Waals surface area (Å²) in [4.78, 5) is 2.53. The number of benzene rings is 10. The van der Waals surface area contributed by atoms with Gasteiger partial charge in [0.05, 0.1) is 0 Å². The summed E-state index contributed by atoms with van der Waals surface area (Å²) in [5.74, 6) is 0. The Kier molecular flexibility index (Phi) is 8.94. The zero-order valence-corrected chi connectivity index (χ0v) is 36.0. The maximum atomic E-state index is 2.56. The Morgan fingerprint density at radius 3 is 1.62 bits per heavy atom. The summed E-state index contributed by atoms with van der Waals surface area (Å²) in [6, 6.07) is 75.5. The molecule has 12 rings (SSSR count). The molecule has 0 N–H and O–H groups in total. The molecule has 0 amide bonds. The number of anilines is 3. The average molecular weight is 808 g/mol. The number of hydrogen-bond donors (Lipinski definition) is 0. The second kappa shape index (κ2) is 15.0. The lowest BCUT2D eigenvalue weighted by molar-refractivity contribution is 0.353. The fourth-order valence-corrected chi connectivity index (χ4v) is 11.7. The molecule has 0 heterocycles. The molecule has 0 unspecified atom stereocenters. The molecule has 10 aromatic rings. The summed E-state index contributed by atoms with van der Waals surface area (Å²) in [5.41, 5.74) is 19.4. The first-order chi connectivity index (χ1) is 31.1. The van der Waals surface area contributed by atoms with Gasteiger partial charge < -0.3 is 4.90 Å². The smallest absolute Gasteiger partial charge is 0.0468 e. The van der Waals surface area contributed by atoms with Crippen LogP contribution in [0.15, 0.2) is 200 Å². The quantitative estimate of drug-likeness (QED) is 0.151. The van der Waals surface area contributed by atoms with Crippen LogP contribution in [-0.2, 0) is 5.41 Å². The van der Waals surface area contributed by atoms with Crippen molar-refractivity contribution in [3.63, 3.8) is 0 Å². The molecule has 0 saturated heterocycles. The van der Waals surface area contributed by atoms with Gasteiger partial charge in [0, 0.05) is 22.5 Å². The van der Waals surface area contributed by atoms with E-state index in [2.05, 4.69) is 219 Å². The molecule has 1 fully saturated rings. The number of nitrogens with zero attached hydrogens (tertiary/aromatic N) is 1. The molecule has 0 radical (unpaired) electrons. The highest BCUT2D eigenvalue weighted by atomic mass is 15.1. The SMILES string of the molecule is Cc1cc(C)cc(N(c2ccc3c(c2)C2(CCCCC2)c2ccccc2-3)c2ccc3c(c2)c2ccccc2c2c(-c4ccccc4)cc(-c4ccccc4)c(-c4ccccc4)c32)c1. The standard InChI is InChI=1S/C62H49N/c1-41-35-42(2)37-48(36-41)63(47-29-31-51-50-26-15-16-28-57(50)62(58(51)39-47)33-17-6-18-34-62)46-30-32-53-56(38-46)49-25-13-14-27-52(49)60-55(44-21-9-4-10-22-44)40-54(43-19-7-3-8-20-43)59(61(53)60)45-23-11-5-12-24-45/h3-5,7-16,19-32,35-40H,6,17-18,33-34H2,1-2H3. The lowest BCUT2D eigenvalue weighted by Gasteiger charge is -2.36. The van der Waals surface area contributed by atoms with Crippen LogP contribution in [0.1, 0.15) is 54.4 Å². The minimum absolute atomic E-state index is 0.0631. The maximum absolute atomic E-state index is 2.56. The number of aryl methyl sites for hydroxylation is 2. The largest absolute Gasteiger partial charge is 0.310 e. The fraction of sp³-hybridized carbons (Fsp3) is 0.129. The van der Waals surface area contributed by atoms with Gasteiger partial charge in [-0.25, -0.2) is 0 Å². The Bertz CT molecular complexity index is 3350. The molecular weight excluding hydrogens is 759 g/mol. The first-order valence-electron chi connectivity index (χ1n) is 22.8. The molecule has 1 spiro atoms. The van der Waals surface area contributed by atoms with Gasteiger partial charge in [0.25, 0.3) is 0 Å². The van der Waals surface area contributed by atoms with E-state index in [1.54, 1.807) is 0 Å². The van der Waals surface area contributed by atoms with Crippen LogP contribution >= 0.6 is 0 Å². The summed E-state index contributed by atoms with van der Waals surface area (Å²) in [6.07, 6.45) is 6.28. The zero-order chi connectivity index (χ0) is 42.1. The molecule has 0 aromatic heterocycles. The third-order valence-corrected chi connectivity index (χ3v) is 14.3. The van der Waals surface area contributed by atoms with E-state index in [1.165, 1.54) is 143 Å². The molecule has 0 bridgehead atoms. The van der Waals surface area contributed by atoms with Gasteiger partial charge in [-0.05, 0) is 168 Å². The Morgan fingerprint density at radius 2 is 0.905 bits per heavy atom. The van der Waals surface area contributed by atoms with Crippen molar-refractivity contribution in [2.24, 2.45) is 0 Å². The second-order valence-electron chi connectivity index (χ2n) is 18.1. The van der Waals surface area contributed by atoms with Crippen LogP contribution in [0, 0.1) is 13.8 Å². The van der Waals surface area contributed by atoms with Crippen molar-refractivity contribution in [3.05, 3.63) is 222 Å². The van der Waals surface area contributed by atoms with Gasteiger partial charge in [-0.3, -0.25) is 0 Å². The predicted octanol–water partition coefficient (Wildman–Crippen LogP) is 17.5. The molecular formula is C62H49N. The summed E-state index contributed by atoms with van der Waals surface area (Å²) in [5, 5.41) is 7.61. The van der Waals surface area contributed by atoms with Crippen LogP contribution in [0.5, 0.6) is 0 Å². The van der Waals surface area contributed by atoms with E-state index in [4.69, 9.17) is 0 Å². The summed E-state index contributed by atoms with van der Waals surface area (Å²) in [7, 11) is 0. The van der Waals surface area contributed by atoms with Crippen molar-refractivity contribution in [2.75, 3.05) is 4.90 Å². The van der Waals surface area contributed by atoms with E-state index < -0.39 is 0 Å². The van der Waals surface area contributed by atoms with Gasteiger partial charge >= 0.3 is 0 Å². The summed E-state index contributed by atoms with van der Waals surface area (Å²) >= 11 is 0. The van der Waals surface area contributed by atoms with Crippen molar-refractivity contribution in [1.29, 1.82) is 0 Å². The lowest BCUT2D eigenvalue weighted by Crippen LogP contribution is -2.28. The molecule has 1 saturated carbocycles. The zero-order valence-electron chi connectivity index (χ0n) is 36.0. The average Bonchev–Trinajstić information content (AvgIpc) is 3.59. The highest BCUT2D eigenvalue weighted by Crippen LogP contribution is 2.57. The molecule has 63 heavy (non-hydrogen) atoms. The van der Waals surface area contributed by atoms with Gasteiger partial charge in [0.2, 0.25) is 0 Å². The number of hydrogen-bond acceptors (Lipinski definition) is 1. The summed E-state index contributed by atoms with van der Waals surface area (Å²) in [6.45, 7) is 4.45. The molecule has 10 aromatic carbocycles. The number of rotatable bonds is 6. The van der Waals surface area contributed by atoms with E-state index in [0.717, 1.165) is 5.69 Å². The van der Waals surface area contributed by atoms with Crippen molar-refractivity contribution >= 4 is 49.4 Å². The highest BCUT2D eigenvalue weighted by Gasteiger charge is 2.44. The van der Waals surface area contributed by atoms with Crippen molar-refractivity contribution in [1.82, 2.24) is 0 Å². The molecule has 1 nitrogen and oxygen atoms in total. The first-order valence-corrected chi connectivity index (χ1v) is 22.8. The van der Waals surface area contributed by atoms with Crippen LogP contribution in [0.2, 0.25) is 0 Å². The third kappa shape index (κ3) is 6.05. The lowest BCUT2D eigenvalue weighted by atomic mass is 9.68. The molecule has 0 aliphatic heterocycles. The van der Waals surface area contributed by atoms with Crippen LogP contribution in [0.4, 0.5) is 17.1 Å². The molecule has 302 valence electrons. The van der Waals surface area contributed by atoms with Crippen molar-refractivity contribution < 1.29 is 0 Å².